The first-order valence-corrected chi connectivity index (χ1v) is 8.92. The Morgan fingerprint density at radius 3 is 2.32 bits per heavy atom. The number of hydrogen-bond donors (Lipinski definition) is 1. The smallest absolute Gasteiger partial charge is 0.242 e. The maximum atomic E-state index is 12.9. The van der Waals surface area contributed by atoms with Crippen molar-refractivity contribution in [2.75, 3.05) is 13.1 Å². The average Bonchev–Trinajstić information content (AvgIpc) is 3.03. The molecule has 1 heterocycles. The number of halogens is 1. The highest BCUT2D eigenvalue weighted by molar-refractivity contribution is 6.30. The first kappa shape index (κ1) is 15.8. The van der Waals surface area contributed by atoms with Gasteiger partial charge in [0.2, 0.25) is 5.91 Å². The van der Waals surface area contributed by atoms with Crippen LogP contribution in [0.25, 0.3) is 0 Å². The van der Waals surface area contributed by atoms with Crippen molar-refractivity contribution in [1.82, 2.24) is 10.2 Å². The van der Waals surface area contributed by atoms with Crippen LogP contribution in [0.5, 0.6) is 0 Å². The van der Waals surface area contributed by atoms with Crippen LogP contribution in [0.2, 0.25) is 5.02 Å². The van der Waals surface area contributed by atoms with Crippen LogP contribution in [0, 0.1) is 0 Å². The maximum absolute atomic E-state index is 12.9. The number of likely N-dealkylation sites (tertiary alicyclic amines) is 1. The monoisotopic (exact) mass is 320 g/mol. The summed E-state index contributed by atoms with van der Waals surface area (Å²) in [5, 5.41) is 4.00. The molecule has 0 bridgehead atoms. The molecule has 0 aromatic heterocycles. The highest BCUT2D eigenvalue weighted by Gasteiger charge is 2.30. The molecule has 1 N–H and O–H groups in total. The van der Waals surface area contributed by atoms with Crippen LogP contribution in [-0.2, 0) is 4.79 Å². The molecule has 1 amide bonds. The van der Waals surface area contributed by atoms with Crippen LogP contribution >= 0.6 is 11.6 Å². The quantitative estimate of drug-likeness (QED) is 0.911. The predicted molar refractivity (Wildman–Crippen MR) is 90.0 cm³/mol. The van der Waals surface area contributed by atoms with Gasteiger partial charge in [0.1, 0.15) is 6.04 Å². The molecule has 1 saturated carbocycles. The number of amides is 1. The Labute approximate surface area is 138 Å². The Balaban J connectivity index is 1.77. The minimum Gasteiger partial charge on any atom is -0.352 e. The second-order valence-corrected chi connectivity index (χ2v) is 6.98. The lowest BCUT2D eigenvalue weighted by atomic mass is 10.0. The molecular formula is C18H25ClN2O. The molecule has 1 aliphatic carbocycles. The largest absolute Gasteiger partial charge is 0.352 e. The summed E-state index contributed by atoms with van der Waals surface area (Å²) in [6, 6.07) is 7.96. The van der Waals surface area contributed by atoms with E-state index < -0.39 is 0 Å². The Morgan fingerprint density at radius 2 is 1.68 bits per heavy atom. The number of hydrogen-bond acceptors (Lipinski definition) is 2. The van der Waals surface area contributed by atoms with Crippen molar-refractivity contribution >= 4 is 17.5 Å². The van der Waals surface area contributed by atoms with Gasteiger partial charge in [-0.1, -0.05) is 43.0 Å². The fourth-order valence-corrected chi connectivity index (χ4v) is 3.83. The highest BCUT2D eigenvalue weighted by atomic mass is 35.5. The second-order valence-electron chi connectivity index (χ2n) is 6.54. The third-order valence-corrected chi connectivity index (χ3v) is 5.14. The summed E-state index contributed by atoms with van der Waals surface area (Å²) in [6.45, 7) is 2.01. The molecule has 0 unspecified atom stereocenters. The van der Waals surface area contributed by atoms with Crippen molar-refractivity contribution in [1.29, 1.82) is 0 Å². The van der Waals surface area contributed by atoms with Crippen LogP contribution in [-0.4, -0.2) is 29.9 Å². The van der Waals surface area contributed by atoms with E-state index in [1.807, 2.05) is 24.3 Å². The lowest BCUT2D eigenvalue weighted by Gasteiger charge is -2.34. The first-order valence-electron chi connectivity index (χ1n) is 8.54. The first-order chi connectivity index (χ1) is 10.7. The number of benzene rings is 1. The normalized spacial score (nSPS) is 21.7. The lowest BCUT2D eigenvalue weighted by Crippen LogP contribution is -2.45. The van der Waals surface area contributed by atoms with E-state index in [1.165, 1.54) is 32.1 Å². The number of nitrogens with zero attached hydrogens (tertiary/aromatic N) is 1. The van der Waals surface area contributed by atoms with Gasteiger partial charge in [0.05, 0.1) is 0 Å². The van der Waals surface area contributed by atoms with Crippen molar-refractivity contribution in [3.8, 4) is 0 Å². The van der Waals surface area contributed by atoms with Gasteiger partial charge in [0, 0.05) is 11.1 Å². The maximum Gasteiger partial charge on any atom is 0.242 e. The molecule has 4 heteroatoms. The molecule has 1 atom stereocenters. The molecule has 0 spiro atoms. The van der Waals surface area contributed by atoms with Gasteiger partial charge in [-0.05, 0) is 56.5 Å². The number of nitrogens with one attached hydrogen (secondary N) is 1. The van der Waals surface area contributed by atoms with Gasteiger partial charge in [0.15, 0.2) is 0 Å². The molecule has 120 valence electrons. The van der Waals surface area contributed by atoms with Gasteiger partial charge >= 0.3 is 0 Å². The number of carbonyl (C=O) groups excluding carboxylic acids is 1. The van der Waals surface area contributed by atoms with Gasteiger partial charge in [-0.3, -0.25) is 9.69 Å². The molecule has 1 aliphatic heterocycles. The minimum absolute atomic E-state index is 0.163. The van der Waals surface area contributed by atoms with E-state index in [2.05, 4.69) is 10.2 Å². The summed E-state index contributed by atoms with van der Waals surface area (Å²) in [6.07, 6.45) is 8.36. The summed E-state index contributed by atoms with van der Waals surface area (Å²) in [5.74, 6) is 0.163. The van der Waals surface area contributed by atoms with Gasteiger partial charge in [-0.2, -0.15) is 0 Å². The molecule has 1 aromatic carbocycles. The van der Waals surface area contributed by atoms with Gasteiger partial charge in [0.25, 0.3) is 0 Å². The van der Waals surface area contributed by atoms with E-state index in [0.29, 0.717) is 6.04 Å². The van der Waals surface area contributed by atoms with Crippen LogP contribution in [0.1, 0.15) is 56.6 Å². The third-order valence-electron chi connectivity index (χ3n) is 4.89. The van der Waals surface area contributed by atoms with Crippen molar-refractivity contribution in [2.24, 2.45) is 0 Å². The molecule has 3 nitrogen and oxygen atoms in total. The molecular weight excluding hydrogens is 296 g/mol. The highest BCUT2D eigenvalue weighted by Crippen LogP contribution is 2.27. The zero-order valence-electron chi connectivity index (χ0n) is 13.1. The minimum atomic E-state index is -0.168. The van der Waals surface area contributed by atoms with Gasteiger partial charge < -0.3 is 5.32 Å². The Morgan fingerprint density at radius 1 is 1.05 bits per heavy atom. The summed E-state index contributed by atoms with van der Waals surface area (Å²) in [4.78, 5) is 15.2. The third kappa shape index (κ3) is 3.82. The Bertz CT molecular complexity index is 490. The number of carbonyl (C=O) groups is 1. The molecule has 22 heavy (non-hydrogen) atoms. The standard InChI is InChI=1S/C18H25ClN2O/c19-15-10-8-14(9-11-15)17(21-12-4-1-5-13-21)18(22)20-16-6-2-3-7-16/h8-11,16-17H,1-7,12-13H2,(H,20,22)/t17-/m1/s1. The zero-order valence-corrected chi connectivity index (χ0v) is 13.8. The number of rotatable bonds is 4. The van der Waals surface area contributed by atoms with Crippen LogP contribution in [0.4, 0.5) is 0 Å². The fraction of sp³-hybridized carbons (Fsp3) is 0.611. The summed E-state index contributed by atoms with van der Waals surface area (Å²) in [5.41, 5.74) is 1.06. The average molecular weight is 321 g/mol. The van der Waals surface area contributed by atoms with E-state index >= 15 is 0 Å². The van der Waals surface area contributed by atoms with Gasteiger partial charge in [-0.15, -0.1) is 0 Å². The zero-order chi connectivity index (χ0) is 15.4. The van der Waals surface area contributed by atoms with Crippen molar-refractivity contribution in [3.63, 3.8) is 0 Å². The second kappa shape index (κ2) is 7.47. The van der Waals surface area contributed by atoms with Crippen molar-refractivity contribution in [3.05, 3.63) is 34.9 Å². The van der Waals surface area contributed by atoms with E-state index in [1.54, 1.807) is 0 Å². The lowest BCUT2D eigenvalue weighted by molar-refractivity contribution is -0.127. The van der Waals surface area contributed by atoms with E-state index in [0.717, 1.165) is 36.5 Å². The summed E-state index contributed by atoms with van der Waals surface area (Å²) < 4.78 is 0. The molecule has 3 rings (SSSR count). The van der Waals surface area contributed by atoms with Crippen LogP contribution < -0.4 is 5.32 Å². The summed E-state index contributed by atoms with van der Waals surface area (Å²) >= 11 is 6.01. The summed E-state index contributed by atoms with van der Waals surface area (Å²) in [7, 11) is 0. The van der Waals surface area contributed by atoms with Crippen molar-refractivity contribution < 1.29 is 4.79 Å². The topological polar surface area (TPSA) is 32.3 Å². The van der Waals surface area contributed by atoms with Crippen molar-refractivity contribution in [2.45, 2.75) is 57.0 Å². The fourth-order valence-electron chi connectivity index (χ4n) is 3.70. The molecule has 2 fully saturated rings. The molecule has 2 aliphatic rings. The Hall–Kier alpha value is -1.06. The number of piperidine rings is 1. The van der Waals surface area contributed by atoms with Crippen LogP contribution in [0.3, 0.4) is 0 Å². The van der Waals surface area contributed by atoms with Gasteiger partial charge in [-0.25, -0.2) is 0 Å². The Kier molecular flexibility index (Phi) is 5.37. The SMILES string of the molecule is O=C(NC1CCCC1)[C@@H](c1ccc(Cl)cc1)N1CCCCC1. The molecule has 1 saturated heterocycles. The van der Waals surface area contributed by atoms with E-state index in [9.17, 15) is 4.79 Å². The van der Waals surface area contributed by atoms with E-state index in [4.69, 9.17) is 11.6 Å². The molecule has 1 aromatic rings. The predicted octanol–water partition coefficient (Wildman–Crippen LogP) is 3.93. The van der Waals surface area contributed by atoms with Crippen LogP contribution in [0.15, 0.2) is 24.3 Å². The van der Waals surface area contributed by atoms with E-state index in [-0.39, 0.29) is 11.9 Å². The molecule has 0 radical (unpaired) electrons.